The first-order valence-corrected chi connectivity index (χ1v) is 8.36. The highest BCUT2D eigenvalue weighted by atomic mass is 16.5. The number of para-hydroxylation sites is 1. The Bertz CT molecular complexity index is 899. The summed E-state index contributed by atoms with van der Waals surface area (Å²) in [5.41, 5.74) is 3.56. The lowest BCUT2D eigenvalue weighted by Gasteiger charge is -2.26. The van der Waals surface area contributed by atoms with Crippen molar-refractivity contribution in [3.63, 3.8) is 0 Å². The number of aryl methyl sites for hydroxylation is 1. The first kappa shape index (κ1) is 15.4. The van der Waals surface area contributed by atoms with Crippen molar-refractivity contribution in [3.8, 4) is 11.4 Å². The van der Waals surface area contributed by atoms with Crippen molar-refractivity contribution in [1.29, 1.82) is 0 Å². The van der Waals surface area contributed by atoms with Crippen LogP contribution in [-0.4, -0.2) is 22.3 Å². The van der Waals surface area contributed by atoms with Gasteiger partial charge in [0, 0.05) is 23.7 Å². The molecule has 2 heterocycles. The van der Waals surface area contributed by atoms with Gasteiger partial charge in [0.2, 0.25) is 0 Å². The summed E-state index contributed by atoms with van der Waals surface area (Å²) in [5, 5.41) is 7.49. The minimum atomic E-state index is -0.0788. The normalized spacial score (nSPS) is 16.0. The van der Waals surface area contributed by atoms with E-state index in [1.165, 1.54) is 0 Å². The van der Waals surface area contributed by atoms with E-state index in [1.54, 1.807) is 4.68 Å². The third-order valence-electron chi connectivity index (χ3n) is 4.38. The van der Waals surface area contributed by atoms with E-state index in [1.807, 2.05) is 67.7 Å². The fourth-order valence-corrected chi connectivity index (χ4v) is 3.06. The van der Waals surface area contributed by atoms with Gasteiger partial charge in [-0.05, 0) is 43.3 Å². The molecule has 5 heteroatoms. The molecule has 0 spiro atoms. The lowest BCUT2D eigenvalue weighted by atomic mass is 10.00. The van der Waals surface area contributed by atoms with Gasteiger partial charge in [0.25, 0.3) is 5.91 Å². The summed E-state index contributed by atoms with van der Waals surface area (Å²) >= 11 is 0. The smallest absolute Gasteiger partial charge is 0.251 e. The van der Waals surface area contributed by atoms with Gasteiger partial charge in [-0.1, -0.05) is 18.2 Å². The van der Waals surface area contributed by atoms with Crippen LogP contribution in [0, 0.1) is 6.92 Å². The van der Waals surface area contributed by atoms with Crippen LogP contribution in [0.15, 0.2) is 60.8 Å². The van der Waals surface area contributed by atoms with E-state index < -0.39 is 0 Å². The van der Waals surface area contributed by atoms with Crippen LogP contribution in [0.2, 0.25) is 0 Å². The molecule has 0 saturated carbocycles. The van der Waals surface area contributed by atoms with E-state index in [0.717, 1.165) is 29.1 Å². The van der Waals surface area contributed by atoms with Crippen LogP contribution in [0.1, 0.15) is 34.1 Å². The summed E-state index contributed by atoms with van der Waals surface area (Å²) in [4.78, 5) is 12.6. The van der Waals surface area contributed by atoms with E-state index in [0.29, 0.717) is 12.2 Å². The van der Waals surface area contributed by atoms with Gasteiger partial charge in [-0.25, -0.2) is 4.68 Å². The molecule has 1 N–H and O–H groups in total. The molecule has 0 saturated heterocycles. The van der Waals surface area contributed by atoms with E-state index >= 15 is 0 Å². The van der Waals surface area contributed by atoms with E-state index in [9.17, 15) is 4.79 Å². The maximum absolute atomic E-state index is 12.6. The van der Waals surface area contributed by atoms with Crippen molar-refractivity contribution in [1.82, 2.24) is 15.1 Å². The Morgan fingerprint density at radius 1 is 1.16 bits per heavy atom. The number of fused-ring (bicyclic) bond motifs is 1. The zero-order valence-corrected chi connectivity index (χ0v) is 14.0. The molecular weight excluding hydrogens is 314 g/mol. The number of nitrogens with one attached hydrogen (secondary N) is 1. The minimum Gasteiger partial charge on any atom is -0.493 e. The average Bonchev–Trinajstić information content (AvgIpc) is 3.08. The van der Waals surface area contributed by atoms with Gasteiger partial charge >= 0.3 is 0 Å². The standard InChI is InChI=1S/C20H19N3O2/c1-14-10-12-23(22-14)16-8-6-15(7-9-16)20(24)21-18-11-13-25-19-5-3-2-4-17(18)19/h2-10,12,18H,11,13H2,1H3,(H,21,24). The van der Waals surface area contributed by atoms with E-state index in [4.69, 9.17) is 4.74 Å². The second kappa shape index (κ2) is 6.43. The number of hydrogen-bond acceptors (Lipinski definition) is 3. The molecule has 1 aliphatic rings. The van der Waals surface area contributed by atoms with Gasteiger partial charge in [-0.15, -0.1) is 0 Å². The fourth-order valence-electron chi connectivity index (χ4n) is 3.06. The highest BCUT2D eigenvalue weighted by Gasteiger charge is 2.23. The van der Waals surface area contributed by atoms with Crippen LogP contribution in [0.3, 0.4) is 0 Å². The highest BCUT2D eigenvalue weighted by Crippen LogP contribution is 2.31. The second-order valence-electron chi connectivity index (χ2n) is 6.15. The number of aromatic nitrogens is 2. The summed E-state index contributed by atoms with van der Waals surface area (Å²) in [6, 6.07) is 17.2. The van der Waals surface area contributed by atoms with Gasteiger partial charge in [-0.3, -0.25) is 4.79 Å². The van der Waals surface area contributed by atoms with Crippen LogP contribution in [0.25, 0.3) is 5.69 Å². The molecule has 2 aromatic carbocycles. The Labute approximate surface area is 146 Å². The van der Waals surface area contributed by atoms with Crippen molar-refractivity contribution in [2.24, 2.45) is 0 Å². The van der Waals surface area contributed by atoms with Gasteiger partial charge < -0.3 is 10.1 Å². The number of carbonyl (C=O) groups excluding carboxylic acids is 1. The third kappa shape index (κ3) is 3.13. The lowest BCUT2D eigenvalue weighted by Crippen LogP contribution is -2.32. The fraction of sp³-hybridized carbons (Fsp3) is 0.200. The Morgan fingerprint density at radius 2 is 1.96 bits per heavy atom. The van der Waals surface area contributed by atoms with Crippen molar-refractivity contribution in [2.75, 3.05) is 6.61 Å². The van der Waals surface area contributed by atoms with E-state index in [-0.39, 0.29) is 11.9 Å². The van der Waals surface area contributed by atoms with Crippen molar-refractivity contribution in [3.05, 3.63) is 77.6 Å². The Kier molecular flexibility index (Phi) is 3.98. The monoisotopic (exact) mass is 333 g/mol. The number of ether oxygens (including phenoxy) is 1. The van der Waals surface area contributed by atoms with Gasteiger partial charge in [0.05, 0.1) is 24.0 Å². The highest BCUT2D eigenvalue weighted by molar-refractivity contribution is 5.94. The number of amides is 1. The SMILES string of the molecule is Cc1ccn(-c2ccc(C(=O)NC3CCOc4ccccc43)cc2)n1. The molecule has 4 rings (SSSR count). The summed E-state index contributed by atoms with van der Waals surface area (Å²) in [6.07, 6.45) is 2.68. The molecule has 1 atom stereocenters. The molecule has 0 bridgehead atoms. The molecule has 1 aromatic heterocycles. The van der Waals surface area contributed by atoms with Crippen LogP contribution in [-0.2, 0) is 0 Å². The van der Waals surface area contributed by atoms with Crippen LogP contribution < -0.4 is 10.1 Å². The number of nitrogens with zero attached hydrogens (tertiary/aromatic N) is 2. The predicted molar refractivity (Wildman–Crippen MR) is 95.1 cm³/mol. The zero-order chi connectivity index (χ0) is 17.2. The quantitative estimate of drug-likeness (QED) is 0.799. The molecule has 3 aromatic rings. The van der Waals surface area contributed by atoms with Crippen molar-refractivity contribution >= 4 is 5.91 Å². The van der Waals surface area contributed by atoms with Gasteiger partial charge in [0.15, 0.2) is 0 Å². The summed E-state index contributed by atoms with van der Waals surface area (Å²) in [6.45, 7) is 2.56. The summed E-state index contributed by atoms with van der Waals surface area (Å²) in [5.74, 6) is 0.772. The largest absolute Gasteiger partial charge is 0.493 e. The molecule has 126 valence electrons. The van der Waals surface area contributed by atoms with E-state index in [2.05, 4.69) is 10.4 Å². The molecule has 0 fully saturated rings. The molecule has 1 aliphatic heterocycles. The maximum atomic E-state index is 12.6. The molecule has 1 amide bonds. The van der Waals surface area contributed by atoms with Crippen LogP contribution in [0.5, 0.6) is 5.75 Å². The molecule has 0 radical (unpaired) electrons. The molecular formula is C20H19N3O2. The number of rotatable bonds is 3. The van der Waals surface area contributed by atoms with Crippen LogP contribution >= 0.6 is 0 Å². The topological polar surface area (TPSA) is 56.2 Å². The van der Waals surface area contributed by atoms with Gasteiger partial charge in [-0.2, -0.15) is 5.10 Å². The van der Waals surface area contributed by atoms with Crippen molar-refractivity contribution in [2.45, 2.75) is 19.4 Å². The Morgan fingerprint density at radius 3 is 2.72 bits per heavy atom. The average molecular weight is 333 g/mol. The molecule has 25 heavy (non-hydrogen) atoms. The summed E-state index contributed by atoms with van der Waals surface area (Å²) in [7, 11) is 0. The zero-order valence-electron chi connectivity index (χ0n) is 14.0. The Balaban J connectivity index is 1.50. The second-order valence-corrected chi connectivity index (χ2v) is 6.15. The molecule has 5 nitrogen and oxygen atoms in total. The lowest BCUT2D eigenvalue weighted by molar-refractivity contribution is 0.0925. The molecule has 1 unspecified atom stereocenters. The Hall–Kier alpha value is -3.08. The van der Waals surface area contributed by atoms with Gasteiger partial charge in [0.1, 0.15) is 5.75 Å². The number of carbonyl (C=O) groups is 1. The summed E-state index contributed by atoms with van der Waals surface area (Å²) < 4.78 is 7.44. The van der Waals surface area contributed by atoms with Crippen molar-refractivity contribution < 1.29 is 9.53 Å². The van der Waals surface area contributed by atoms with Crippen LogP contribution in [0.4, 0.5) is 0 Å². The first-order chi connectivity index (χ1) is 12.2. The maximum Gasteiger partial charge on any atom is 0.251 e. The minimum absolute atomic E-state index is 0.0223. The number of benzene rings is 2. The third-order valence-corrected chi connectivity index (χ3v) is 4.38. The number of hydrogen-bond donors (Lipinski definition) is 1. The molecule has 0 aliphatic carbocycles. The first-order valence-electron chi connectivity index (χ1n) is 8.36. The predicted octanol–water partition coefficient (Wildman–Crippen LogP) is 3.43.